The number of nitrogens with one attached hydrogen (secondary N) is 2. The first-order chi connectivity index (χ1) is 13.7. The number of carbonyl (C=O) groups is 2. The number of sulfonamides is 1. The van der Waals surface area contributed by atoms with Gasteiger partial charge < -0.3 is 24.6 Å². The summed E-state index contributed by atoms with van der Waals surface area (Å²) in [5, 5.41) is 12.0. The molecule has 0 radical (unpaired) electrons. The highest BCUT2D eigenvalue weighted by Crippen LogP contribution is 2.36. The fourth-order valence-corrected chi connectivity index (χ4v) is 3.80. The van der Waals surface area contributed by atoms with E-state index in [9.17, 15) is 23.1 Å². The number of anilines is 2. The number of carboxylic acid groups (broad SMARTS) is 1. The van der Waals surface area contributed by atoms with Gasteiger partial charge in [0.1, 0.15) is 5.75 Å². The number of carboxylic acids is 1. The van der Waals surface area contributed by atoms with Crippen LogP contribution in [0.5, 0.6) is 17.2 Å². The van der Waals surface area contributed by atoms with Crippen LogP contribution in [0.25, 0.3) is 0 Å². The molecule has 0 aromatic heterocycles. The van der Waals surface area contributed by atoms with Crippen LogP contribution in [0.2, 0.25) is 0 Å². The molecule has 0 aliphatic carbocycles. The van der Waals surface area contributed by atoms with Gasteiger partial charge in [0.15, 0.2) is 17.6 Å². The molecule has 10 nitrogen and oxygen atoms in total. The average Bonchev–Trinajstić information content (AvgIpc) is 2.67. The Morgan fingerprint density at radius 2 is 1.83 bits per heavy atom. The van der Waals surface area contributed by atoms with Crippen molar-refractivity contribution in [3.63, 3.8) is 0 Å². The van der Waals surface area contributed by atoms with Gasteiger partial charge in [-0.2, -0.15) is 0 Å². The summed E-state index contributed by atoms with van der Waals surface area (Å²) in [7, 11) is -1.53. The maximum absolute atomic E-state index is 12.8. The number of carbonyl (C=O) groups excluding carboxylic acids is 1. The molecule has 3 N–H and O–H groups in total. The molecule has 0 spiro atoms. The van der Waals surface area contributed by atoms with Crippen molar-refractivity contribution >= 4 is 33.3 Å². The summed E-state index contributed by atoms with van der Waals surface area (Å²) in [6.45, 7) is 1.56. The van der Waals surface area contributed by atoms with E-state index in [2.05, 4.69) is 10.0 Å². The summed E-state index contributed by atoms with van der Waals surface area (Å²) in [4.78, 5) is 23.1. The van der Waals surface area contributed by atoms with Crippen LogP contribution in [-0.2, 0) is 14.8 Å². The molecule has 11 heteroatoms. The molecule has 0 bridgehead atoms. The van der Waals surface area contributed by atoms with Crippen molar-refractivity contribution in [3.8, 4) is 17.2 Å². The zero-order valence-corrected chi connectivity index (χ0v) is 16.5. The molecule has 154 valence electrons. The van der Waals surface area contributed by atoms with Gasteiger partial charge in [-0.05, 0) is 25.1 Å². The van der Waals surface area contributed by atoms with Crippen molar-refractivity contribution in [1.82, 2.24) is 0 Å². The summed E-state index contributed by atoms with van der Waals surface area (Å²) in [5.74, 6) is -1.16. The second-order valence-corrected chi connectivity index (χ2v) is 7.75. The fourth-order valence-electron chi connectivity index (χ4n) is 2.70. The van der Waals surface area contributed by atoms with Crippen molar-refractivity contribution < 1.29 is 37.3 Å². The Morgan fingerprint density at radius 3 is 2.45 bits per heavy atom. The lowest BCUT2D eigenvalue weighted by Crippen LogP contribution is -2.34. The lowest BCUT2D eigenvalue weighted by atomic mass is 10.1. The molecule has 1 aliphatic heterocycles. The van der Waals surface area contributed by atoms with E-state index in [0.29, 0.717) is 5.75 Å². The summed E-state index contributed by atoms with van der Waals surface area (Å²) in [5.41, 5.74) is -0.335. The first-order valence-electron chi connectivity index (χ1n) is 8.30. The zero-order valence-electron chi connectivity index (χ0n) is 15.7. The maximum atomic E-state index is 12.8. The normalized spacial score (nSPS) is 15.6. The molecular weight excluding hydrogens is 404 g/mol. The van der Waals surface area contributed by atoms with E-state index in [1.54, 1.807) is 6.92 Å². The Balaban J connectivity index is 2.01. The monoisotopic (exact) mass is 422 g/mol. The van der Waals surface area contributed by atoms with E-state index < -0.39 is 28.0 Å². The molecule has 1 amide bonds. The Kier molecular flexibility index (Phi) is 5.25. The molecule has 2 aromatic rings. The smallest absolute Gasteiger partial charge is 0.337 e. The van der Waals surface area contributed by atoms with E-state index in [1.807, 2.05) is 0 Å². The second-order valence-electron chi connectivity index (χ2n) is 6.07. The SMILES string of the molecule is COc1cc(NS(=O)(=O)c2ccc3c(c2)NC(=O)C(C)O3)c(C(=O)O)cc1OC. The lowest BCUT2D eigenvalue weighted by Gasteiger charge is -2.23. The van der Waals surface area contributed by atoms with Crippen LogP contribution >= 0.6 is 0 Å². The predicted octanol–water partition coefficient (Wildman–Crippen LogP) is 1.92. The largest absolute Gasteiger partial charge is 0.493 e. The van der Waals surface area contributed by atoms with Crippen molar-refractivity contribution in [3.05, 3.63) is 35.9 Å². The van der Waals surface area contributed by atoms with Crippen molar-refractivity contribution in [2.75, 3.05) is 24.3 Å². The molecule has 2 aromatic carbocycles. The average molecular weight is 422 g/mol. The minimum Gasteiger partial charge on any atom is -0.493 e. The van der Waals surface area contributed by atoms with Gasteiger partial charge in [0, 0.05) is 12.1 Å². The first-order valence-corrected chi connectivity index (χ1v) is 9.78. The second kappa shape index (κ2) is 7.51. The number of methoxy groups -OCH3 is 2. The molecule has 1 aliphatic rings. The van der Waals surface area contributed by atoms with Gasteiger partial charge in [-0.15, -0.1) is 0 Å². The first kappa shape index (κ1) is 20.3. The Labute approximate surface area is 166 Å². The number of rotatable bonds is 6. The Hall–Kier alpha value is -3.47. The van der Waals surface area contributed by atoms with Gasteiger partial charge in [-0.3, -0.25) is 9.52 Å². The molecule has 1 unspecified atom stereocenters. The summed E-state index contributed by atoms with van der Waals surface area (Å²) in [6, 6.07) is 6.29. The van der Waals surface area contributed by atoms with E-state index in [0.717, 1.165) is 6.07 Å². The molecule has 29 heavy (non-hydrogen) atoms. The van der Waals surface area contributed by atoms with Gasteiger partial charge in [0.2, 0.25) is 0 Å². The van der Waals surface area contributed by atoms with Gasteiger partial charge >= 0.3 is 5.97 Å². The summed E-state index contributed by atoms with van der Waals surface area (Å²) < 4.78 is 43.5. The highest BCUT2D eigenvalue weighted by molar-refractivity contribution is 7.92. The lowest BCUT2D eigenvalue weighted by molar-refractivity contribution is -0.122. The van der Waals surface area contributed by atoms with Gasteiger partial charge in [0.05, 0.1) is 36.1 Å². The van der Waals surface area contributed by atoms with Crippen LogP contribution in [0.1, 0.15) is 17.3 Å². The van der Waals surface area contributed by atoms with Crippen LogP contribution in [0.3, 0.4) is 0 Å². The fraction of sp³-hybridized carbons (Fsp3) is 0.222. The third-order valence-corrected chi connectivity index (χ3v) is 5.55. The minimum atomic E-state index is -4.19. The number of hydrogen-bond acceptors (Lipinski definition) is 7. The van der Waals surface area contributed by atoms with E-state index in [-0.39, 0.29) is 33.3 Å². The minimum absolute atomic E-state index is 0.135. The van der Waals surface area contributed by atoms with E-state index >= 15 is 0 Å². The highest BCUT2D eigenvalue weighted by atomic mass is 32.2. The van der Waals surface area contributed by atoms with Crippen molar-refractivity contribution in [1.29, 1.82) is 0 Å². The number of benzene rings is 2. The predicted molar refractivity (Wildman–Crippen MR) is 102 cm³/mol. The van der Waals surface area contributed by atoms with Gasteiger partial charge in [-0.25, -0.2) is 13.2 Å². The summed E-state index contributed by atoms with van der Waals surface area (Å²) >= 11 is 0. The zero-order chi connectivity index (χ0) is 21.3. The number of ether oxygens (including phenoxy) is 3. The van der Waals surface area contributed by atoms with Crippen LogP contribution < -0.4 is 24.2 Å². The standard InChI is InChI=1S/C18H18N2O8S/c1-9-17(21)19-13-6-10(4-5-14(13)28-9)29(24,25)20-12-8-16(27-3)15(26-2)7-11(12)18(22)23/h4-9,20H,1-3H3,(H,19,21)(H,22,23). The molecule has 0 fully saturated rings. The molecule has 0 saturated heterocycles. The molecule has 3 rings (SSSR count). The third kappa shape index (κ3) is 3.90. The number of aromatic carboxylic acids is 1. The van der Waals surface area contributed by atoms with Crippen LogP contribution in [0.4, 0.5) is 11.4 Å². The van der Waals surface area contributed by atoms with Crippen LogP contribution in [0, 0.1) is 0 Å². The van der Waals surface area contributed by atoms with Gasteiger partial charge in [-0.1, -0.05) is 0 Å². The van der Waals surface area contributed by atoms with Gasteiger partial charge in [0.25, 0.3) is 15.9 Å². The number of hydrogen-bond donors (Lipinski definition) is 3. The third-order valence-electron chi connectivity index (χ3n) is 4.19. The Bertz CT molecular complexity index is 1100. The quantitative estimate of drug-likeness (QED) is 0.641. The molecular formula is C18H18N2O8S. The highest BCUT2D eigenvalue weighted by Gasteiger charge is 2.27. The maximum Gasteiger partial charge on any atom is 0.337 e. The molecule has 1 atom stereocenters. The van der Waals surface area contributed by atoms with Crippen molar-refractivity contribution in [2.45, 2.75) is 17.9 Å². The summed E-state index contributed by atoms with van der Waals surface area (Å²) in [6.07, 6.45) is -0.701. The van der Waals surface area contributed by atoms with Crippen LogP contribution in [0.15, 0.2) is 35.2 Å². The Morgan fingerprint density at radius 1 is 1.17 bits per heavy atom. The number of fused-ring (bicyclic) bond motifs is 1. The van der Waals surface area contributed by atoms with Crippen LogP contribution in [-0.4, -0.2) is 45.7 Å². The topological polar surface area (TPSA) is 140 Å². The number of amides is 1. The molecule has 0 saturated carbocycles. The van der Waals surface area contributed by atoms with E-state index in [1.165, 1.54) is 38.5 Å². The van der Waals surface area contributed by atoms with E-state index in [4.69, 9.17) is 14.2 Å². The molecule has 1 heterocycles. The van der Waals surface area contributed by atoms with Crippen molar-refractivity contribution in [2.24, 2.45) is 0 Å².